The molecule has 2 aromatic carbocycles. The van der Waals surface area contributed by atoms with E-state index >= 15 is 0 Å². The van der Waals surface area contributed by atoms with Gasteiger partial charge >= 0.3 is 0 Å². The summed E-state index contributed by atoms with van der Waals surface area (Å²) in [7, 11) is 0. The molecule has 0 amide bonds. The highest BCUT2D eigenvalue weighted by atomic mass is 79.9. The molecule has 1 aromatic heterocycles. The van der Waals surface area contributed by atoms with Gasteiger partial charge in [-0.25, -0.2) is 4.39 Å². The maximum Gasteiger partial charge on any atom is 0.153 e. The topological polar surface area (TPSA) is 33.4 Å². The summed E-state index contributed by atoms with van der Waals surface area (Å²) in [6.07, 6.45) is -1.07. The SMILES string of the molecule is OC(c1cc2cccc(Cl)c2o1)c1cc(F)ccc1Br. The lowest BCUT2D eigenvalue weighted by molar-refractivity contribution is 0.191. The van der Waals surface area contributed by atoms with Crippen molar-refractivity contribution in [2.24, 2.45) is 0 Å². The fraction of sp³-hybridized carbons (Fsp3) is 0.0667. The zero-order chi connectivity index (χ0) is 14.3. The van der Waals surface area contributed by atoms with Crippen LogP contribution in [0.25, 0.3) is 11.0 Å². The van der Waals surface area contributed by atoms with Gasteiger partial charge in [0.25, 0.3) is 0 Å². The van der Waals surface area contributed by atoms with E-state index in [1.807, 2.05) is 6.07 Å². The Hall–Kier alpha value is -1.36. The van der Waals surface area contributed by atoms with Gasteiger partial charge in [-0.05, 0) is 30.3 Å². The highest BCUT2D eigenvalue weighted by Gasteiger charge is 2.19. The monoisotopic (exact) mass is 354 g/mol. The zero-order valence-electron chi connectivity index (χ0n) is 10.1. The van der Waals surface area contributed by atoms with Crippen LogP contribution in [0.3, 0.4) is 0 Å². The average molecular weight is 356 g/mol. The molecule has 3 aromatic rings. The quantitative estimate of drug-likeness (QED) is 0.696. The minimum Gasteiger partial charge on any atom is -0.456 e. The first-order valence-electron chi connectivity index (χ1n) is 5.87. The van der Waals surface area contributed by atoms with Crippen LogP contribution in [0, 0.1) is 5.82 Å². The van der Waals surface area contributed by atoms with Crippen molar-refractivity contribution >= 4 is 38.5 Å². The summed E-state index contributed by atoms with van der Waals surface area (Å²) in [5.74, 6) is -0.101. The lowest BCUT2D eigenvalue weighted by atomic mass is 10.1. The summed E-state index contributed by atoms with van der Waals surface area (Å²) >= 11 is 9.33. The zero-order valence-corrected chi connectivity index (χ0v) is 12.5. The molecule has 0 aliphatic rings. The minimum atomic E-state index is -1.07. The standard InChI is InChI=1S/C15H9BrClFO2/c16-11-5-4-9(18)7-10(11)14(19)13-6-8-2-1-3-12(17)15(8)20-13/h1-7,14,19H. The van der Waals surface area contributed by atoms with E-state index in [1.54, 1.807) is 24.3 Å². The molecule has 1 N–H and O–H groups in total. The van der Waals surface area contributed by atoms with Gasteiger partial charge in [-0.2, -0.15) is 0 Å². The van der Waals surface area contributed by atoms with E-state index in [1.165, 1.54) is 12.1 Å². The number of rotatable bonds is 2. The second-order valence-electron chi connectivity index (χ2n) is 4.38. The Balaban J connectivity index is 2.10. The van der Waals surface area contributed by atoms with Crippen LogP contribution in [-0.4, -0.2) is 5.11 Å². The molecular weight excluding hydrogens is 347 g/mol. The Kier molecular flexibility index (Phi) is 3.54. The number of halogens is 3. The van der Waals surface area contributed by atoms with Gasteiger partial charge in [-0.15, -0.1) is 0 Å². The first-order chi connectivity index (χ1) is 9.56. The molecule has 0 saturated carbocycles. The van der Waals surface area contributed by atoms with Crippen molar-refractivity contribution < 1.29 is 13.9 Å². The number of hydrogen-bond acceptors (Lipinski definition) is 2. The summed E-state index contributed by atoms with van der Waals surface area (Å²) in [5.41, 5.74) is 0.913. The molecule has 1 heterocycles. The van der Waals surface area contributed by atoms with Crippen molar-refractivity contribution in [3.8, 4) is 0 Å². The van der Waals surface area contributed by atoms with E-state index < -0.39 is 11.9 Å². The Bertz CT molecular complexity index is 785. The molecule has 0 bridgehead atoms. The van der Waals surface area contributed by atoms with E-state index in [2.05, 4.69) is 15.9 Å². The second-order valence-corrected chi connectivity index (χ2v) is 5.64. The van der Waals surface area contributed by atoms with Gasteiger partial charge in [0.1, 0.15) is 17.7 Å². The van der Waals surface area contributed by atoms with Crippen molar-refractivity contribution in [3.63, 3.8) is 0 Å². The van der Waals surface area contributed by atoms with E-state index in [4.69, 9.17) is 16.0 Å². The van der Waals surface area contributed by atoms with E-state index in [-0.39, 0.29) is 0 Å². The highest BCUT2D eigenvalue weighted by Crippen LogP contribution is 2.34. The fourth-order valence-corrected chi connectivity index (χ4v) is 2.74. The van der Waals surface area contributed by atoms with Crippen LogP contribution in [0.5, 0.6) is 0 Å². The van der Waals surface area contributed by atoms with Gasteiger partial charge in [0, 0.05) is 15.4 Å². The Labute approximate surface area is 127 Å². The van der Waals surface area contributed by atoms with Gasteiger partial charge in [0.15, 0.2) is 5.58 Å². The predicted octanol–water partition coefficient (Wildman–Crippen LogP) is 5.07. The molecule has 0 aliphatic heterocycles. The molecule has 0 aliphatic carbocycles. The number of para-hydroxylation sites is 1. The smallest absolute Gasteiger partial charge is 0.153 e. The second kappa shape index (κ2) is 5.20. The molecule has 5 heteroatoms. The number of fused-ring (bicyclic) bond motifs is 1. The van der Waals surface area contributed by atoms with Crippen LogP contribution in [-0.2, 0) is 0 Å². The van der Waals surface area contributed by atoms with Crippen molar-refractivity contribution in [2.75, 3.05) is 0 Å². The van der Waals surface area contributed by atoms with Gasteiger partial charge < -0.3 is 9.52 Å². The molecule has 0 radical (unpaired) electrons. The van der Waals surface area contributed by atoms with Crippen molar-refractivity contribution in [1.29, 1.82) is 0 Å². The fourth-order valence-electron chi connectivity index (χ4n) is 2.06. The van der Waals surface area contributed by atoms with Crippen molar-refractivity contribution in [1.82, 2.24) is 0 Å². The number of hydrogen-bond donors (Lipinski definition) is 1. The van der Waals surface area contributed by atoms with Crippen LogP contribution in [0.2, 0.25) is 5.02 Å². The molecule has 3 rings (SSSR count). The van der Waals surface area contributed by atoms with Crippen LogP contribution in [0.1, 0.15) is 17.4 Å². The number of aliphatic hydroxyl groups is 1. The van der Waals surface area contributed by atoms with Gasteiger partial charge in [0.2, 0.25) is 0 Å². The number of aliphatic hydroxyl groups excluding tert-OH is 1. The van der Waals surface area contributed by atoms with Gasteiger partial charge in [0.05, 0.1) is 5.02 Å². The van der Waals surface area contributed by atoms with Gasteiger partial charge in [-0.3, -0.25) is 0 Å². The minimum absolute atomic E-state index is 0.319. The molecular formula is C15H9BrClFO2. The average Bonchev–Trinajstić information content (AvgIpc) is 2.86. The van der Waals surface area contributed by atoms with Crippen molar-refractivity contribution in [3.05, 3.63) is 69.1 Å². The highest BCUT2D eigenvalue weighted by molar-refractivity contribution is 9.10. The number of benzene rings is 2. The maximum absolute atomic E-state index is 13.3. The molecule has 1 atom stereocenters. The third-order valence-corrected chi connectivity index (χ3v) is 4.06. The largest absolute Gasteiger partial charge is 0.456 e. The van der Waals surface area contributed by atoms with Gasteiger partial charge in [-0.1, -0.05) is 39.7 Å². The molecule has 1 unspecified atom stereocenters. The summed E-state index contributed by atoms with van der Waals surface area (Å²) < 4.78 is 19.5. The molecule has 0 spiro atoms. The Morgan fingerprint density at radius 3 is 2.75 bits per heavy atom. The predicted molar refractivity (Wildman–Crippen MR) is 79.4 cm³/mol. The van der Waals surface area contributed by atoms with E-state index in [9.17, 15) is 9.50 Å². The summed E-state index contributed by atoms with van der Waals surface area (Å²) in [6.45, 7) is 0. The molecule has 0 saturated heterocycles. The molecule has 20 heavy (non-hydrogen) atoms. The third kappa shape index (κ3) is 2.35. The van der Waals surface area contributed by atoms with E-state index in [0.717, 1.165) is 5.39 Å². The normalized spacial score (nSPS) is 12.8. The first kappa shape index (κ1) is 13.6. The molecule has 2 nitrogen and oxygen atoms in total. The molecule has 102 valence electrons. The third-order valence-electron chi connectivity index (χ3n) is 3.04. The lowest BCUT2D eigenvalue weighted by Gasteiger charge is -2.10. The van der Waals surface area contributed by atoms with Crippen molar-refractivity contribution in [2.45, 2.75) is 6.10 Å². The van der Waals surface area contributed by atoms with Crippen LogP contribution in [0.4, 0.5) is 4.39 Å². The lowest BCUT2D eigenvalue weighted by Crippen LogP contribution is -1.99. The van der Waals surface area contributed by atoms with E-state index in [0.29, 0.717) is 26.4 Å². The number of furan rings is 1. The molecule has 0 fully saturated rings. The first-order valence-corrected chi connectivity index (χ1v) is 7.04. The summed E-state index contributed by atoms with van der Waals surface area (Å²) in [4.78, 5) is 0. The maximum atomic E-state index is 13.3. The Morgan fingerprint density at radius 1 is 1.20 bits per heavy atom. The summed E-state index contributed by atoms with van der Waals surface area (Å²) in [6, 6.07) is 11.2. The summed E-state index contributed by atoms with van der Waals surface area (Å²) in [5, 5.41) is 11.6. The van der Waals surface area contributed by atoms with Crippen LogP contribution < -0.4 is 0 Å². The van der Waals surface area contributed by atoms with Crippen LogP contribution in [0.15, 0.2) is 51.4 Å². The Morgan fingerprint density at radius 2 is 2.00 bits per heavy atom. The van der Waals surface area contributed by atoms with Crippen LogP contribution >= 0.6 is 27.5 Å².